The molecule has 0 amide bonds. The first-order valence-electron chi connectivity index (χ1n) is 11.4. The van der Waals surface area contributed by atoms with Crippen LogP contribution in [0.15, 0.2) is 77.6 Å². The zero-order valence-corrected chi connectivity index (χ0v) is 20.5. The molecular formula is C28H29N3O2S. The van der Waals surface area contributed by atoms with Gasteiger partial charge >= 0.3 is 0 Å². The SMILES string of the molecule is CCOc1ccc(NC(=S)N(Cc2ccccc2)Cc2cc3cc(C)cc(C)c3[nH]c2=O)cc1. The Kier molecular flexibility index (Phi) is 7.28. The second-order valence-corrected chi connectivity index (χ2v) is 8.79. The quantitative estimate of drug-likeness (QED) is 0.327. The summed E-state index contributed by atoms with van der Waals surface area (Å²) in [6.07, 6.45) is 0. The zero-order valence-electron chi connectivity index (χ0n) is 19.7. The van der Waals surface area contributed by atoms with E-state index in [0.29, 0.717) is 30.4 Å². The number of pyridine rings is 1. The maximum absolute atomic E-state index is 13.0. The predicted octanol–water partition coefficient (Wildman–Crippen LogP) is 5.94. The minimum absolute atomic E-state index is 0.0959. The molecular weight excluding hydrogens is 442 g/mol. The number of H-pyrrole nitrogens is 1. The summed E-state index contributed by atoms with van der Waals surface area (Å²) in [5.74, 6) is 0.813. The van der Waals surface area contributed by atoms with Gasteiger partial charge in [0.05, 0.1) is 18.7 Å². The third kappa shape index (κ3) is 5.64. The minimum atomic E-state index is -0.0959. The van der Waals surface area contributed by atoms with Crippen LogP contribution in [0.1, 0.15) is 29.2 Å². The first-order valence-corrected chi connectivity index (χ1v) is 11.8. The van der Waals surface area contributed by atoms with E-state index in [0.717, 1.165) is 39.0 Å². The minimum Gasteiger partial charge on any atom is -0.494 e. The van der Waals surface area contributed by atoms with Crippen LogP contribution in [-0.4, -0.2) is 21.6 Å². The van der Waals surface area contributed by atoms with E-state index in [1.165, 1.54) is 0 Å². The number of nitrogens with zero attached hydrogens (tertiary/aromatic N) is 1. The average Bonchev–Trinajstić information content (AvgIpc) is 2.82. The van der Waals surface area contributed by atoms with E-state index in [4.69, 9.17) is 17.0 Å². The lowest BCUT2D eigenvalue weighted by Gasteiger charge is -2.26. The van der Waals surface area contributed by atoms with Gasteiger partial charge in [0.1, 0.15) is 5.75 Å². The molecule has 1 aromatic heterocycles. The fraction of sp³-hybridized carbons (Fsp3) is 0.214. The number of nitrogens with one attached hydrogen (secondary N) is 2. The van der Waals surface area contributed by atoms with Crippen molar-refractivity contribution < 1.29 is 4.74 Å². The van der Waals surface area contributed by atoms with Crippen LogP contribution in [0.25, 0.3) is 10.9 Å². The molecule has 0 unspecified atom stereocenters. The third-order valence-corrected chi connectivity index (χ3v) is 6.01. The number of fused-ring (bicyclic) bond motifs is 1. The summed E-state index contributed by atoms with van der Waals surface area (Å²) in [6, 6.07) is 24.0. The van der Waals surface area contributed by atoms with Crippen LogP contribution >= 0.6 is 12.2 Å². The smallest absolute Gasteiger partial charge is 0.253 e. The summed E-state index contributed by atoms with van der Waals surface area (Å²) in [6.45, 7) is 7.62. The van der Waals surface area contributed by atoms with E-state index < -0.39 is 0 Å². The van der Waals surface area contributed by atoms with E-state index in [1.807, 2.05) is 67.3 Å². The van der Waals surface area contributed by atoms with Crippen LogP contribution in [-0.2, 0) is 13.1 Å². The van der Waals surface area contributed by atoms with Crippen molar-refractivity contribution in [2.24, 2.45) is 0 Å². The van der Waals surface area contributed by atoms with Gasteiger partial charge in [0.25, 0.3) is 5.56 Å². The number of rotatable bonds is 7. The summed E-state index contributed by atoms with van der Waals surface area (Å²) in [4.78, 5) is 18.1. The van der Waals surface area contributed by atoms with Crippen LogP contribution in [0.3, 0.4) is 0 Å². The van der Waals surface area contributed by atoms with Crippen LogP contribution in [0, 0.1) is 13.8 Å². The number of aryl methyl sites for hydroxylation is 2. The molecule has 0 radical (unpaired) electrons. The highest BCUT2D eigenvalue weighted by Crippen LogP contribution is 2.20. The standard InChI is InChI=1S/C28H29N3O2S/c1-4-33-25-12-10-24(11-13-25)29-28(34)31(17-21-8-6-5-7-9-21)18-23-16-22-15-19(2)14-20(3)26(22)30-27(23)32/h5-16H,4,17-18H2,1-3H3,(H,29,34)(H,30,32). The Morgan fingerprint density at radius 2 is 1.74 bits per heavy atom. The number of anilines is 1. The summed E-state index contributed by atoms with van der Waals surface area (Å²) < 4.78 is 5.53. The van der Waals surface area contributed by atoms with Crippen molar-refractivity contribution in [1.29, 1.82) is 0 Å². The van der Waals surface area contributed by atoms with Crippen LogP contribution in [0.2, 0.25) is 0 Å². The van der Waals surface area contributed by atoms with E-state index in [2.05, 4.69) is 41.5 Å². The van der Waals surface area contributed by atoms with Crippen molar-refractivity contribution in [3.63, 3.8) is 0 Å². The van der Waals surface area contributed by atoms with Crippen molar-refractivity contribution in [1.82, 2.24) is 9.88 Å². The highest BCUT2D eigenvalue weighted by molar-refractivity contribution is 7.80. The number of hydrogen-bond acceptors (Lipinski definition) is 3. The van der Waals surface area contributed by atoms with Gasteiger partial charge in [-0.25, -0.2) is 0 Å². The molecule has 0 aliphatic heterocycles. The highest BCUT2D eigenvalue weighted by Gasteiger charge is 2.15. The number of benzene rings is 3. The number of ether oxygens (including phenoxy) is 1. The summed E-state index contributed by atoms with van der Waals surface area (Å²) in [5.41, 5.74) is 5.66. The van der Waals surface area contributed by atoms with Gasteiger partial charge in [-0.1, -0.05) is 42.0 Å². The van der Waals surface area contributed by atoms with Gasteiger partial charge in [0, 0.05) is 17.8 Å². The molecule has 0 saturated heterocycles. The van der Waals surface area contributed by atoms with Gasteiger partial charge in [0.2, 0.25) is 0 Å². The molecule has 0 atom stereocenters. The molecule has 34 heavy (non-hydrogen) atoms. The molecule has 174 valence electrons. The van der Waals surface area contributed by atoms with Crippen LogP contribution in [0.5, 0.6) is 5.75 Å². The van der Waals surface area contributed by atoms with E-state index in [1.54, 1.807) is 0 Å². The Bertz CT molecular complexity index is 1350. The zero-order chi connectivity index (χ0) is 24.1. The van der Waals surface area contributed by atoms with Gasteiger partial charge < -0.3 is 19.9 Å². The Morgan fingerprint density at radius 3 is 2.44 bits per heavy atom. The normalized spacial score (nSPS) is 10.8. The first-order chi connectivity index (χ1) is 16.4. The van der Waals surface area contributed by atoms with Crippen molar-refractivity contribution in [3.05, 3.63) is 105 Å². The molecule has 2 N–H and O–H groups in total. The van der Waals surface area contributed by atoms with Gasteiger partial charge in [-0.05, 0) is 85.9 Å². The molecule has 0 aliphatic rings. The van der Waals surface area contributed by atoms with Crippen molar-refractivity contribution in [2.45, 2.75) is 33.9 Å². The Labute approximate surface area is 205 Å². The molecule has 1 heterocycles. The number of aromatic nitrogens is 1. The maximum Gasteiger partial charge on any atom is 0.253 e. The van der Waals surface area contributed by atoms with Gasteiger partial charge in [0.15, 0.2) is 5.11 Å². The predicted molar refractivity (Wildman–Crippen MR) is 144 cm³/mol. The second kappa shape index (κ2) is 10.5. The molecule has 5 nitrogen and oxygen atoms in total. The van der Waals surface area contributed by atoms with Gasteiger partial charge in [-0.3, -0.25) is 4.79 Å². The first kappa shape index (κ1) is 23.5. The fourth-order valence-electron chi connectivity index (χ4n) is 4.06. The molecule has 0 fully saturated rings. The molecule has 3 aromatic carbocycles. The highest BCUT2D eigenvalue weighted by atomic mass is 32.1. The Hall–Kier alpha value is -3.64. The third-order valence-electron chi connectivity index (χ3n) is 5.65. The Balaban J connectivity index is 1.62. The lowest BCUT2D eigenvalue weighted by molar-refractivity contribution is 0.340. The van der Waals surface area contributed by atoms with E-state index in [-0.39, 0.29) is 5.56 Å². The lowest BCUT2D eigenvalue weighted by atomic mass is 10.1. The monoisotopic (exact) mass is 471 g/mol. The number of aromatic amines is 1. The molecule has 6 heteroatoms. The van der Waals surface area contributed by atoms with Gasteiger partial charge in [-0.15, -0.1) is 0 Å². The number of thiocarbonyl (C=S) groups is 1. The van der Waals surface area contributed by atoms with E-state index >= 15 is 0 Å². The molecule has 0 saturated carbocycles. The summed E-state index contributed by atoms with van der Waals surface area (Å²) >= 11 is 5.79. The van der Waals surface area contributed by atoms with E-state index in [9.17, 15) is 4.79 Å². The maximum atomic E-state index is 13.0. The topological polar surface area (TPSA) is 57.4 Å². The molecule has 0 aliphatic carbocycles. The van der Waals surface area contributed by atoms with Crippen LogP contribution in [0.4, 0.5) is 5.69 Å². The largest absolute Gasteiger partial charge is 0.494 e. The van der Waals surface area contributed by atoms with Crippen LogP contribution < -0.4 is 15.6 Å². The second-order valence-electron chi connectivity index (χ2n) is 8.40. The summed E-state index contributed by atoms with van der Waals surface area (Å²) in [5, 5.41) is 4.89. The van der Waals surface area contributed by atoms with Crippen molar-refractivity contribution in [2.75, 3.05) is 11.9 Å². The molecule has 0 bridgehead atoms. The summed E-state index contributed by atoms with van der Waals surface area (Å²) in [7, 11) is 0. The fourth-order valence-corrected chi connectivity index (χ4v) is 4.31. The van der Waals surface area contributed by atoms with Crippen molar-refractivity contribution in [3.8, 4) is 5.75 Å². The molecule has 0 spiro atoms. The van der Waals surface area contributed by atoms with Crippen molar-refractivity contribution >= 4 is 33.9 Å². The molecule has 4 aromatic rings. The lowest BCUT2D eigenvalue weighted by Crippen LogP contribution is -2.35. The number of hydrogen-bond donors (Lipinski definition) is 2. The molecule has 4 rings (SSSR count). The average molecular weight is 472 g/mol. The van der Waals surface area contributed by atoms with Gasteiger partial charge in [-0.2, -0.15) is 0 Å². The Morgan fingerprint density at radius 1 is 1.00 bits per heavy atom.